The van der Waals surface area contributed by atoms with Crippen molar-refractivity contribution >= 4 is 34.4 Å². The molecule has 0 saturated carbocycles. The van der Waals surface area contributed by atoms with Crippen LogP contribution in [0.25, 0.3) is 11.0 Å². The fraction of sp³-hybridized carbons (Fsp3) is 0.350. The minimum atomic E-state index is -4.43. The lowest BCUT2D eigenvalue weighted by Crippen LogP contribution is -2.14. The van der Waals surface area contributed by atoms with Crippen molar-refractivity contribution in [2.45, 2.75) is 37.1 Å². The van der Waals surface area contributed by atoms with Crippen LogP contribution >= 0.6 is 11.8 Å². The molecule has 2 heterocycles. The van der Waals surface area contributed by atoms with Crippen LogP contribution in [0.3, 0.4) is 0 Å². The summed E-state index contributed by atoms with van der Waals surface area (Å²) in [6.45, 7) is 3.78. The lowest BCUT2D eigenvalue weighted by atomic mass is 10.00. The topological polar surface area (TPSA) is 69.0 Å². The summed E-state index contributed by atoms with van der Waals surface area (Å²) < 4.78 is 45.2. The molecule has 0 atom stereocenters. The third kappa shape index (κ3) is 4.69. The molecule has 2 aromatic heterocycles. The van der Waals surface area contributed by atoms with Gasteiger partial charge in [-0.15, -0.1) is 5.10 Å². The Labute approximate surface area is 175 Å². The number of carbonyl (C=O) groups excluding carboxylic acids is 1. The molecular weight excluding hydrogens is 417 g/mol. The zero-order chi connectivity index (χ0) is 22.1. The van der Waals surface area contributed by atoms with E-state index in [4.69, 9.17) is 4.74 Å². The SMILES string of the molecule is COc1nn(C)c2nc(C)c(CCC(=O)Nc3ccccc3SC(F)(F)F)c(C)c12. The fourth-order valence-electron chi connectivity index (χ4n) is 3.34. The van der Waals surface area contributed by atoms with E-state index in [2.05, 4.69) is 15.4 Å². The number of hydrogen-bond donors (Lipinski definition) is 1. The molecule has 0 saturated heterocycles. The maximum atomic E-state index is 12.7. The number of fused-ring (bicyclic) bond motifs is 1. The number of halogens is 3. The number of para-hydroxylation sites is 1. The summed E-state index contributed by atoms with van der Waals surface area (Å²) in [7, 11) is 3.31. The van der Waals surface area contributed by atoms with E-state index in [1.54, 1.807) is 17.8 Å². The second-order valence-corrected chi connectivity index (χ2v) is 7.83. The highest BCUT2D eigenvalue weighted by atomic mass is 32.2. The molecule has 0 aliphatic heterocycles. The number of methoxy groups -OCH3 is 1. The fourth-order valence-corrected chi connectivity index (χ4v) is 3.97. The van der Waals surface area contributed by atoms with Gasteiger partial charge >= 0.3 is 5.51 Å². The maximum absolute atomic E-state index is 12.7. The van der Waals surface area contributed by atoms with Crippen LogP contribution in [0.4, 0.5) is 18.9 Å². The number of pyridine rings is 1. The number of ether oxygens (including phenoxy) is 1. The Bertz CT molecular complexity index is 1100. The quantitative estimate of drug-likeness (QED) is 0.561. The van der Waals surface area contributed by atoms with Crippen molar-refractivity contribution < 1.29 is 22.7 Å². The van der Waals surface area contributed by atoms with E-state index in [1.165, 1.54) is 25.3 Å². The van der Waals surface area contributed by atoms with Gasteiger partial charge in [-0.05, 0) is 55.3 Å². The highest BCUT2D eigenvalue weighted by Gasteiger charge is 2.30. The van der Waals surface area contributed by atoms with E-state index < -0.39 is 5.51 Å². The number of aromatic nitrogens is 3. The third-order valence-electron chi connectivity index (χ3n) is 4.71. The van der Waals surface area contributed by atoms with Gasteiger partial charge in [0.2, 0.25) is 11.8 Å². The van der Waals surface area contributed by atoms with Gasteiger partial charge in [-0.1, -0.05) is 12.1 Å². The van der Waals surface area contributed by atoms with Crippen LogP contribution in [0.5, 0.6) is 5.88 Å². The Morgan fingerprint density at radius 1 is 1.27 bits per heavy atom. The third-order valence-corrected chi connectivity index (χ3v) is 5.51. The van der Waals surface area contributed by atoms with Crippen molar-refractivity contribution in [3.8, 4) is 5.88 Å². The van der Waals surface area contributed by atoms with Gasteiger partial charge in [-0.25, -0.2) is 9.67 Å². The first-order valence-corrected chi connectivity index (χ1v) is 9.93. The van der Waals surface area contributed by atoms with Crippen molar-refractivity contribution in [1.29, 1.82) is 0 Å². The lowest BCUT2D eigenvalue weighted by Gasteiger charge is -2.13. The highest BCUT2D eigenvalue weighted by molar-refractivity contribution is 8.00. The Morgan fingerprint density at radius 3 is 2.63 bits per heavy atom. The number of anilines is 1. The predicted octanol–water partition coefficient (Wildman–Crippen LogP) is 4.78. The van der Waals surface area contributed by atoms with Crippen LogP contribution < -0.4 is 10.1 Å². The molecule has 30 heavy (non-hydrogen) atoms. The van der Waals surface area contributed by atoms with Gasteiger partial charge in [-0.2, -0.15) is 13.2 Å². The van der Waals surface area contributed by atoms with Gasteiger partial charge in [0.1, 0.15) is 0 Å². The zero-order valence-corrected chi connectivity index (χ0v) is 17.7. The first kappa shape index (κ1) is 21.9. The van der Waals surface area contributed by atoms with Crippen molar-refractivity contribution in [2.75, 3.05) is 12.4 Å². The zero-order valence-electron chi connectivity index (χ0n) is 16.9. The van der Waals surface area contributed by atoms with Gasteiger partial charge in [0.25, 0.3) is 0 Å². The normalized spacial score (nSPS) is 11.7. The number of nitrogens with zero attached hydrogens (tertiary/aromatic N) is 3. The van der Waals surface area contributed by atoms with Crippen molar-refractivity contribution in [2.24, 2.45) is 7.05 Å². The van der Waals surface area contributed by atoms with Crippen molar-refractivity contribution in [1.82, 2.24) is 14.8 Å². The molecule has 0 unspecified atom stereocenters. The molecule has 6 nitrogen and oxygen atoms in total. The Morgan fingerprint density at radius 2 is 1.97 bits per heavy atom. The van der Waals surface area contributed by atoms with E-state index >= 15 is 0 Å². The number of hydrogen-bond acceptors (Lipinski definition) is 5. The summed E-state index contributed by atoms with van der Waals surface area (Å²) in [6, 6.07) is 5.86. The molecule has 0 fully saturated rings. The smallest absolute Gasteiger partial charge is 0.446 e. The molecule has 3 aromatic rings. The van der Waals surface area contributed by atoms with Crippen LogP contribution in [-0.4, -0.2) is 33.3 Å². The molecule has 0 bridgehead atoms. The Hall–Kier alpha value is -2.75. The molecule has 0 aliphatic rings. The Balaban J connectivity index is 1.78. The van der Waals surface area contributed by atoms with Crippen molar-refractivity contribution in [3.63, 3.8) is 0 Å². The summed E-state index contributed by atoms with van der Waals surface area (Å²) in [5.41, 5.74) is -1.02. The van der Waals surface area contributed by atoms with E-state index in [9.17, 15) is 18.0 Å². The summed E-state index contributed by atoms with van der Waals surface area (Å²) >= 11 is -0.251. The second kappa shape index (κ2) is 8.55. The monoisotopic (exact) mass is 438 g/mol. The molecule has 1 N–H and O–H groups in total. The Kier molecular flexibility index (Phi) is 6.25. The standard InChI is InChI=1S/C20H21F3N4O2S/c1-11-13(12(2)24-18-17(11)19(29-4)26-27(18)3)9-10-16(28)25-14-7-5-6-8-15(14)30-20(21,22)23/h5-8H,9-10H2,1-4H3,(H,25,28). The van der Waals surface area contributed by atoms with Gasteiger partial charge in [0, 0.05) is 24.1 Å². The van der Waals surface area contributed by atoms with Crippen LogP contribution in [0.2, 0.25) is 0 Å². The average molecular weight is 438 g/mol. The molecule has 10 heteroatoms. The molecule has 0 radical (unpaired) electrons. The van der Waals surface area contributed by atoms with Crippen molar-refractivity contribution in [3.05, 3.63) is 41.1 Å². The van der Waals surface area contributed by atoms with Crippen LogP contribution in [-0.2, 0) is 18.3 Å². The minimum absolute atomic E-state index is 0.0473. The molecule has 1 amide bonds. The maximum Gasteiger partial charge on any atom is 0.446 e. The summed E-state index contributed by atoms with van der Waals surface area (Å²) in [5.74, 6) is 0.0866. The largest absolute Gasteiger partial charge is 0.479 e. The first-order chi connectivity index (χ1) is 14.1. The predicted molar refractivity (Wildman–Crippen MR) is 110 cm³/mol. The number of carbonyl (C=O) groups is 1. The van der Waals surface area contributed by atoms with Gasteiger partial charge in [-0.3, -0.25) is 4.79 Å². The number of alkyl halides is 3. The van der Waals surface area contributed by atoms with E-state index in [1.807, 2.05) is 13.8 Å². The molecule has 1 aromatic carbocycles. The lowest BCUT2D eigenvalue weighted by molar-refractivity contribution is -0.116. The molecule has 0 aliphatic carbocycles. The number of aryl methyl sites for hydroxylation is 3. The number of rotatable bonds is 6. The minimum Gasteiger partial charge on any atom is -0.479 e. The molecule has 0 spiro atoms. The van der Waals surface area contributed by atoms with E-state index in [0.717, 1.165) is 22.2 Å². The average Bonchev–Trinajstić information content (AvgIpc) is 2.98. The van der Waals surface area contributed by atoms with Gasteiger partial charge in [0.15, 0.2) is 5.65 Å². The second-order valence-electron chi connectivity index (χ2n) is 6.72. The number of amides is 1. The van der Waals surface area contributed by atoms with Gasteiger partial charge < -0.3 is 10.1 Å². The highest BCUT2D eigenvalue weighted by Crippen LogP contribution is 2.40. The van der Waals surface area contributed by atoms with E-state index in [0.29, 0.717) is 17.9 Å². The van der Waals surface area contributed by atoms with Crippen LogP contribution in [0.15, 0.2) is 29.2 Å². The molecule has 160 valence electrons. The molecular formula is C20H21F3N4O2S. The van der Waals surface area contributed by atoms with Gasteiger partial charge in [0.05, 0.1) is 18.2 Å². The summed E-state index contributed by atoms with van der Waals surface area (Å²) in [4.78, 5) is 17.0. The van der Waals surface area contributed by atoms with Crippen LogP contribution in [0.1, 0.15) is 23.2 Å². The van der Waals surface area contributed by atoms with Crippen LogP contribution in [0, 0.1) is 13.8 Å². The molecule has 3 rings (SSSR count). The number of nitrogens with one attached hydrogen (secondary N) is 1. The number of thioether (sulfide) groups is 1. The summed E-state index contributed by atoms with van der Waals surface area (Å²) in [6.07, 6.45) is 0.488. The summed E-state index contributed by atoms with van der Waals surface area (Å²) in [5, 5.41) is 7.67. The van der Waals surface area contributed by atoms with E-state index in [-0.39, 0.29) is 34.7 Å². The number of benzene rings is 1. The first-order valence-electron chi connectivity index (χ1n) is 9.12.